The number of carbonyl (C=O) groups excluding carboxylic acids is 2. The molecule has 0 spiro atoms. The Morgan fingerprint density at radius 1 is 1.30 bits per heavy atom. The second-order valence-corrected chi connectivity index (χ2v) is 6.91. The van der Waals surface area contributed by atoms with E-state index in [2.05, 4.69) is 0 Å². The summed E-state index contributed by atoms with van der Waals surface area (Å²) >= 11 is 6.14. The first-order chi connectivity index (χ1) is 12.9. The number of rotatable bonds is 5. The topological polar surface area (TPSA) is 49.9 Å². The lowest BCUT2D eigenvalue weighted by atomic mass is 10.2. The third-order valence-electron chi connectivity index (χ3n) is 4.31. The first-order valence-electron chi connectivity index (χ1n) is 8.68. The summed E-state index contributed by atoms with van der Waals surface area (Å²) < 4.78 is 18.8. The largest absolute Gasteiger partial charge is 0.482 e. The van der Waals surface area contributed by atoms with E-state index in [1.807, 2.05) is 26.0 Å². The molecule has 0 N–H and O–H groups in total. The van der Waals surface area contributed by atoms with Gasteiger partial charge in [0.1, 0.15) is 11.6 Å². The van der Waals surface area contributed by atoms with Gasteiger partial charge in [0.15, 0.2) is 6.61 Å². The summed E-state index contributed by atoms with van der Waals surface area (Å²) in [5.41, 5.74) is 1.10. The monoisotopic (exact) mass is 390 g/mol. The molecular formula is C20H20ClFN2O3. The zero-order valence-corrected chi connectivity index (χ0v) is 15.9. The lowest BCUT2D eigenvalue weighted by Crippen LogP contribution is -2.43. The second kappa shape index (κ2) is 7.96. The summed E-state index contributed by atoms with van der Waals surface area (Å²) in [5.74, 6) is -0.241. The number of hydrogen-bond donors (Lipinski definition) is 0. The van der Waals surface area contributed by atoms with Crippen molar-refractivity contribution in [1.29, 1.82) is 0 Å². The van der Waals surface area contributed by atoms with Gasteiger partial charge in [-0.1, -0.05) is 23.7 Å². The summed E-state index contributed by atoms with van der Waals surface area (Å²) in [6, 6.07) is 11.0. The van der Waals surface area contributed by atoms with Gasteiger partial charge >= 0.3 is 0 Å². The van der Waals surface area contributed by atoms with E-state index in [1.54, 1.807) is 17.0 Å². The van der Waals surface area contributed by atoms with Crippen molar-refractivity contribution in [3.05, 3.63) is 53.3 Å². The standard InChI is InChI=1S/C20H20ClFN2O3/c1-13(2)24(16-8-7-14(22)11-15(16)21)19(25)9-10-23-17-5-3-4-6-18(17)27-12-20(23)26/h3-8,11,13H,9-10,12H2,1-2H3. The minimum Gasteiger partial charge on any atom is -0.482 e. The van der Waals surface area contributed by atoms with Crippen LogP contribution in [0.15, 0.2) is 42.5 Å². The van der Waals surface area contributed by atoms with Crippen molar-refractivity contribution in [2.45, 2.75) is 26.3 Å². The normalized spacial score (nSPS) is 13.4. The molecule has 1 heterocycles. The predicted molar refractivity (Wildman–Crippen MR) is 103 cm³/mol. The lowest BCUT2D eigenvalue weighted by Gasteiger charge is -2.31. The Labute approximate surface area is 162 Å². The molecule has 1 aliphatic rings. The first-order valence-corrected chi connectivity index (χ1v) is 9.05. The van der Waals surface area contributed by atoms with Crippen LogP contribution in [0.2, 0.25) is 5.02 Å². The van der Waals surface area contributed by atoms with Gasteiger partial charge in [-0.25, -0.2) is 4.39 Å². The maximum absolute atomic E-state index is 13.3. The summed E-state index contributed by atoms with van der Waals surface area (Å²) in [7, 11) is 0. The van der Waals surface area contributed by atoms with E-state index in [0.29, 0.717) is 17.1 Å². The van der Waals surface area contributed by atoms with Gasteiger partial charge in [0.25, 0.3) is 5.91 Å². The van der Waals surface area contributed by atoms with Crippen molar-refractivity contribution in [3.8, 4) is 5.75 Å². The highest BCUT2D eigenvalue weighted by atomic mass is 35.5. The van der Waals surface area contributed by atoms with Gasteiger partial charge in [0, 0.05) is 19.0 Å². The maximum Gasteiger partial charge on any atom is 0.265 e. The molecule has 0 saturated heterocycles. The smallest absolute Gasteiger partial charge is 0.265 e. The van der Waals surface area contributed by atoms with Crippen molar-refractivity contribution in [1.82, 2.24) is 0 Å². The van der Waals surface area contributed by atoms with Crippen LogP contribution in [0.4, 0.5) is 15.8 Å². The average Bonchev–Trinajstić information content (AvgIpc) is 2.62. The highest BCUT2D eigenvalue weighted by molar-refractivity contribution is 6.33. The van der Waals surface area contributed by atoms with Crippen LogP contribution in [0.1, 0.15) is 20.3 Å². The number of amides is 2. The number of benzene rings is 2. The van der Waals surface area contributed by atoms with Crippen LogP contribution >= 0.6 is 11.6 Å². The quantitative estimate of drug-likeness (QED) is 0.774. The summed E-state index contributed by atoms with van der Waals surface area (Å²) in [5, 5.41) is 0.171. The van der Waals surface area contributed by atoms with E-state index in [-0.39, 0.29) is 42.5 Å². The van der Waals surface area contributed by atoms with Gasteiger partial charge in [-0.05, 0) is 44.2 Å². The molecule has 27 heavy (non-hydrogen) atoms. The van der Waals surface area contributed by atoms with Crippen molar-refractivity contribution >= 4 is 34.8 Å². The molecule has 2 aromatic rings. The minimum absolute atomic E-state index is 0.0527. The van der Waals surface area contributed by atoms with Crippen LogP contribution < -0.4 is 14.5 Å². The number of carbonyl (C=O) groups is 2. The molecule has 1 aliphatic heterocycles. The van der Waals surface area contributed by atoms with E-state index >= 15 is 0 Å². The number of hydrogen-bond acceptors (Lipinski definition) is 3. The Kier molecular flexibility index (Phi) is 5.65. The Morgan fingerprint density at radius 2 is 2.04 bits per heavy atom. The Bertz CT molecular complexity index is 872. The number of para-hydroxylation sites is 2. The average molecular weight is 391 g/mol. The fraction of sp³-hybridized carbons (Fsp3) is 0.300. The van der Waals surface area contributed by atoms with Gasteiger partial charge in [0.2, 0.25) is 5.91 Å². The highest BCUT2D eigenvalue weighted by Crippen LogP contribution is 2.32. The molecule has 0 saturated carbocycles. The lowest BCUT2D eigenvalue weighted by molar-refractivity contribution is -0.121. The fourth-order valence-electron chi connectivity index (χ4n) is 3.10. The zero-order chi connectivity index (χ0) is 19.6. The van der Waals surface area contributed by atoms with Gasteiger partial charge in [-0.15, -0.1) is 0 Å². The van der Waals surface area contributed by atoms with Crippen molar-refractivity contribution in [2.24, 2.45) is 0 Å². The van der Waals surface area contributed by atoms with Crippen LogP contribution in [-0.4, -0.2) is 31.0 Å². The molecular weight excluding hydrogens is 371 g/mol. The molecule has 2 amide bonds. The zero-order valence-electron chi connectivity index (χ0n) is 15.1. The summed E-state index contributed by atoms with van der Waals surface area (Å²) in [4.78, 5) is 28.2. The van der Waals surface area contributed by atoms with Gasteiger partial charge in [-0.2, -0.15) is 0 Å². The maximum atomic E-state index is 13.3. The van der Waals surface area contributed by atoms with E-state index in [1.165, 1.54) is 23.1 Å². The minimum atomic E-state index is -0.463. The van der Waals surface area contributed by atoms with Gasteiger partial charge in [-0.3, -0.25) is 9.59 Å². The van der Waals surface area contributed by atoms with E-state index < -0.39 is 5.82 Å². The molecule has 3 rings (SSSR count). The number of nitrogens with zero attached hydrogens (tertiary/aromatic N) is 2. The van der Waals surface area contributed by atoms with Crippen LogP contribution in [0, 0.1) is 5.82 Å². The Balaban J connectivity index is 1.78. The van der Waals surface area contributed by atoms with Crippen molar-refractivity contribution in [3.63, 3.8) is 0 Å². The second-order valence-electron chi connectivity index (χ2n) is 6.50. The fourth-order valence-corrected chi connectivity index (χ4v) is 3.36. The van der Waals surface area contributed by atoms with Crippen LogP contribution in [0.5, 0.6) is 5.75 Å². The van der Waals surface area contributed by atoms with E-state index in [0.717, 1.165) is 0 Å². The molecule has 0 atom stereocenters. The molecule has 0 bridgehead atoms. The Hall–Kier alpha value is -2.60. The third kappa shape index (κ3) is 4.06. The van der Waals surface area contributed by atoms with E-state index in [9.17, 15) is 14.0 Å². The molecule has 0 aromatic heterocycles. The SMILES string of the molecule is CC(C)N(C(=O)CCN1C(=O)COc2ccccc21)c1ccc(F)cc1Cl. The van der Waals surface area contributed by atoms with Crippen LogP contribution in [0.3, 0.4) is 0 Å². The van der Waals surface area contributed by atoms with Gasteiger partial charge in [0.05, 0.1) is 16.4 Å². The predicted octanol–water partition coefficient (Wildman–Crippen LogP) is 4.04. The highest BCUT2D eigenvalue weighted by Gasteiger charge is 2.27. The van der Waals surface area contributed by atoms with E-state index in [4.69, 9.17) is 16.3 Å². The van der Waals surface area contributed by atoms with Crippen molar-refractivity contribution in [2.75, 3.05) is 23.0 Å². The van der Waals surface area contributed by atoms with Crippen molar-refractivity contribution < 1.29 is 18.7 Å². The van der Waals surface area contributed by atoms with Gasteiger partial charge < -0.3 is 14.5 Å². The molecule has 7 heteroatoms. The Morgan fingerprint density at radius 3 is 2.74 bits per heavy atom. The number of fused-ring (bicyclic) bond motifs is 1. The first kappa shape index (κ1) is 19.2. The molecule has 0 fully saturated rings. The van der Waals surface area contributed by atoms with Crippen LogP contribution in [-0.2, 0) is 9.59 Å². The third-order valence-corrected chi connectivity index (χ3v) is 4.61. The summed E-state index contributed by atoms with van der Waals surface area (Å²) in [6.07, 6.45) is 0.103. The number of halogens is 2. The summed E-state index contributed by atoms with van der Waals surface area (Å²) in [6.45, 7) is 3.88. The molecule has 0 radical (unpaired) electrons. The van der Waals surface area contributed by atoms with Crippen LogP contribution in [0.25, 0.3) is 0 Å². The molecule has 0 unspecified atom stereocenters. The number of anilines is 2. The molecule has 0 aliphatic carbocycles. The molecule has 5 nitrogen and oxygen atoms in total. The molecule has 2 aromatic carbocycles. The number of ether oxygens (including phenoxy) is 1. The molecule has 142 valence electrons.